The summed E-state index contributed by atoms with van der Waals surface area (Å²) in [7, 11) is 3.51. The van der Waals surface area contributed by atoms with Gasteiger partial charge >= 0.3 is 0 Å². The van der Waals surface area contributed by atoms with Gasteiger partial charge < -0.3 is 36.0 Å². The summed E-state index contributed by atoms with van der Waals surface area (Å²) in [5.41, 5.74) is 3.37. The molecule has 11 heteroatoms. The number of ketones is 2. The zero-order valence-electron chi connectivity index (χ0n) is 20.7. The highest BCUT2D eigenvalue weighted by Gasteiger charge is 2.62. The molecule has 0 bridgehead atoms. The van der Waals surface area contributed by atoms with E-state index in [4.69, 9.17) is 5.73 Å². The summed E-state index contributed by atoms with van der Waals surface area (Å²) in [6, 6.07) is 1.57. The number of allylic oxidation sites excluding steroid dienone is 1. The van der Waals surface area contributed by atoms with Crippen molar-refractivity contribution in [1.29, 1.82) is 0 Å². The quantitative estimate of drug-likeness (QED) is 0.349. The van der Waals surface area contributed by atoms with E-state index in [1.807, 2.05) is 0 Å². The lowest BCUT2D eigenvalue weighted by molar-refractivity contribution is -0.167. The van der Waals surface area contributed by atoms with Crippen LogP contribution in [0.2, 0.25) is 0 Å². The van der Waals surface area contributed by atoms with Gasteiger partial charge in [0.05, 0.1) is 17.2 Å². The minimum absolute atomic E-state index is 0.0331. The number of phenolic OH excluding ortho intramolecular Hbond substituents is 1. The van der Waals surface area contributed by atoms with E-state index in [2.05, 4.69) is 0 Å². The number of phenols is 1. The topological polar surface area (TPSA) is 182 Å². The van der Waals surface area contributed by atoms with E-state index in [1.165, 1.54) is 0 Å². The van der Waals surface area contributed by atoms with Gasteiger partial charge in [-0.05, 0) is 49.7 Å². The van der Waals surface area contributed by atoms with Crippen molar-refractivity contribution in [3.63, 3.8) is 0 Å². The number of Topliss-reactive ketones (excluding diaryl/α,β-unsaturated/α-hetero) is 2. The Labute approximate surface area is 213 Å². The molecule has 5 rings (SSSR count). The molecule has 198 valence electrons. The number of primary amides is 1. The first kappa shape index (κ1) is 25.2. The number of benzene rings is 1. The van der Waals surface area contributed by atoms with Gasteiger partial charge in [-0.15, -0.1) is 0 Å². The molecule has 0 aromatic heterocycles. The maximum absolute atomic E-state index is 13.9. The second kappa shape index (κ2) is 8.56. The molecule has 0 spiro atoms. The fraction of sp³-hybridized carbons (Fsp3) is 0.538. The number of carbonyl (C=O) groups excluding carboxylic acids is 4. The van der Waals surface area contributed by atoms with Gasteiger partial charge in [0.1, 0.15) is 17.4 Å². The number of hydrogen-bond acceptors (Lipinski definition) is 9. The van der Waals surface area contributed by atoms with Crippen LogP contribution in [0.1, 0.15) is 52.0 Å². The van der Waals surface area contributed by atoms with Crippen LogP contribution in [0.3, 0.4) is 0 Å². The summed E-state index contributed by atoms with van der Waals surface area (Å²) < 4.78 is 0. The maximum Gasteiger partial charge on any atom is 0.257 e. The van der Waals surface area contributed by atoms with E-state index in [9.17, 15) is 39.6 Å². The van der Waals surface area contributed by atoms with Crippen LogP contribution in [0.15, 0.2) is 17.4 Å². The van der Waals surface area contributed by atoms with Gasteiger partial charge in [0.2, 0.25) is 5.91 Å². The normalized spacial score (nSPS) is 31.1. The zero-order valence-corrected chi connectivity index (χ0v) is 20.7. The first-order valence-corrected chi connectivity index (χ1v) is 12.5. The number of aromatic hydroxyl groups is 1. The Morgan fingerprint density at radius 2 is 1.78 bits per heavy atom. The van der Waals surface area contributed by atoms with Crippen LogP contribution in [-0.4, -0.2) is 87.6 Å². The van der Waals surface area contributed by atoms with E-state index in [-0.39, 0.29) is 36.0 Å². The van der Waals surface area contributed by atoms with E-state index >= 15 is 0 Å². The molecule has 37 heavy (non-hydrogen) atoms. The Kier molecular flexibility index (Phi) is 5.83. The lowest BCUT2D eigenvalue weighted by Gasteiger charge is -2.48. The van der Waals surface area contributed by atoms with Gasteiger partial charge in [-0.1, -0.05) is 0 Å². The summed E-state index contributed by atoms with van der Waals surface area (Å²) in [5.74, 6) is -8.16. The summed E-state index contributed by atoms with van der Waals surface area (Å²) in [6.45, 7) is 1.08. The Bertz CT molecular complexity index is 1260. The van der Waals surface area contributed by atoms with Crippen molar-refractivity contribution in [3.05, 3.63) is 34.1 Å². The molecule has 1 aromatic rings. The fourth-order valence-corrected chi connectivity index (χ4v) is 6.63. The molecule has 11 nitrogen and oxygen atoms in total. The number of carbonyl (C=O) groups is 4. The van der Waals surface area contributed by atoms with E-state index in [1.54, 1.807) is 30.0 Å². The van der Waals surface area contributed by atoms with Gasteiger partial charge in [0.15, 0.2) is 17.2 Å². The van der Waals surface area contributed by atoms with Crippen LogP contribution >= 0.6 is 0 Å². The molecular weight excluding hydrogens is 482 g/mol. The predicted molar refractivity (Wildman–Crippen MR) is 130 cm³/mol. The third-order valence-electron chi connectivity index (χ3n) is 8.47. The third kappa shape index (κ3) is 3.47. The number of rotatable bonds is 3. The molecule has 1 saturated heterocycles. The van der Waals surface area contributed by atoms with Gasteiger partial charge in [-0.25, -0.2) is 0 Å². The first-order chi connectivity index (χ1) is 17.4. The molecule has 6 N–H and O–H groups in total. The van der Waals surface area contributed by atoms with Crippen LogP contribution in [0.5, 0.6) is 5.75 Å². The van der Waals surface area contributed by atoms with Crippen LogP contribution < -0.4 is 10.6 Å². The van der Waals surface area contributed by atoms with Crippen molar-refractivity contribution >= 4 is 29.1 Å². The van der Waals surface area contributed by atoms with Crippen molar-refractivity contribution in [2.45, 2.75) is 43.8 Å². The number of nitrogens with two attached hydrogens (primary N) is 1. The molecule has 1 aliphatic heterocycles. The van der Waals surface area contributed by atoms with Gasteiger partial charge in [-0.3, -0.25) is 19.2 Å². The van der Waals surface area contributed by atoms with E-state index in [0.29, 0.717) is 24.3 Å². The Hall–Kier alpha value is -3.44. The van der Waals surface area contributed by atoms with E-state index in [0.717, 1.165) is 12.8 Å². The van der Waals surface area contributed by atoms with Gasteiger partial charge in [0, 0.05) is 44.4 Å². The molecule has 1 aromatic carbocycles. The van der Waals surface area contributed by atoms with Crippen molar-refractivity contribution < 1.29 is 39.6 Å². The molecule has 1 heterocycles. The molecule has 2 fully saturated rings. The molecule has 2 unspecified atom stereocenters. The Balaban J connectivity index is 1.67. The highest BCUT2D eigenvalue weighted by atomic mass is 16.3. The van der Waals surface area contributed by atoms with Gasteiger partial charge in [-0.2, -0.15) is 0 Å². The molecular formula is C26H31N3O8. The van der Waals surface area contributed by atoms with Crippen LogP contribution in [0, 0.1) is 17.8 Å². The lowest BCUT2D eigenvalue weighted by atomic mass is 9.57. The Morgan fingerprint density at radius 3 is 2.38 bits per heavy atom. The molecule has 5 atom stereocenters. The monoisotopic (exact) mass is 513 g/mol. The third-order valence-corrected chi connectivity index (χ3v) is 8.47. The minimum Gasteiger partial charge on any atom is -0.508 e. The number of hydrogen-bond donors (Lipinski definition) is 5. The number of fused-ring (bicyclic) bond motifs is 3. The zero-order chi connectivity index (χ0) is 27.0. The molecule has 3 aliphatic carbocycles. The van der Waals surface area contributed by atoms with Crippen LogP contribution in [0.4, 0.5) is 5.69 Å². The van der Waals surface area contributed by atoms with Crippen LogP contribution in [0.25, 0.3) is 0 Å². The minimum atomic E-state index is -2.57. The number of nitrogens with zero attached hydrogens (tertiary/aromatic N) is 2. The largest absolute Gasteiger partial charge is 0.508 e. The number of aliphatic hydroxyl groups excluding tert-OH is 2. The molecule has 1 saturated carbocycles. The lowest BCUT2D eigenvalue weighted by Crippen LogP contribution is -2.63. The average molecular weight is 514 g/mol. The summed E-state index contributed by atoms with van der Waals surface area (Å²) in [4.78, 5) is 55.4. The van der Waals surface area contributed by atoms with Gasteiger partial charge in [0.25, 0.3) is 5.91 Å². The molecule has 4 aliphatic rings. The summed E-state index contributed by atoms with van der Waals surface area (Å²) >= 11 is 0. The predicted octanol–water partition coefficient (Wildman–Crippen LogP) is 0.0475. The van der Waals surface area contributed by atoms with Crippen molar-refractivity contribution in [2.24, 2.45) is 23.5 Å². The maximum atomic E-state index is 13.9. The fourth-order valence-electron chi connectivity index (χ4n) is 6.63. The van der Waals surface area contributed by atoms with Crippen molar-refractivity contribution in [3.8, 4) is 5.75 Å². The van der Waals surface area contributed by atoms with E-state index < -0.39 is 64.3 Å². The highest BCUT2D eigenvalue weighted by Crippen LogP contribution is 2.53. The number of aliphatic hydroxyl groups is 3. The number of anilines is 1. The second-order valence-electron chi connectivity index (χ2n) is 10.8. The van der Waals surface area contributed by atoms with Crippen molar-refractivity contribution in [1.82, 2.24) is 4.90 Å². The van der Waals surface area contributed by atoms with Crippen molar-refractivity contribution in [2.75, 3.05) is 32.1 Å². The average Bonchev–Trinajstić information content (AvgIpc) is 3.36. The number of amides is 2. The molecule has 0 radical (unpaired) electrons. The first-order valence-electron chi connectivity index (χ1n) is 12.5. The smallest absolute Gasteiger partial charge is 0.257 e. The summed E-state index contributed by atoms with van der Waals surface area (Å²) in [5, 5.41) is 44.2. The number of likely N-dealkylation sites (tertiary alicyclic amines) is 1. The molecule has 2 amide bonds. The SMILES string of the molecule is CN(C)c1cc(C(=O)N2CCCC2)c(O)c2c1C[C@H]1C[C@H]3CC(O)C(C(N)=O)C(=O)[C@@]3(O)C(O)=C1C2=O. The highest BCUT2D eigenvalue weighted by molar-refractivity contribution is 6.17. The van der Waals surface area contributed by atoms with Crippen LogP contribution in [-0.2, 0) is 16.0 Å². The second-order valence-corrected chi connectivity index (χ2v) is 10.8. The standard InChI is InChI=1S/C26H31N3O8/c1-28(2)15-10-14(25(36)29-5-3-4-6-29)20(31)18-13(15)8-11-7-12-9-16(30)19(24(27)35)23(34)26(12,37)22(33)17(11)21(18)32/h10-12,16,19,30-31,33,37H,3-9H2,1-2H3,(H2,27,35)/t11-,12+,16?,19?,26+/m1/s1. The Morgan fingerprint density at radius 1 is 1.14 bits per heavy atom. The summed E-state index contributed by atoms with van der Waals surface area (Å²) in [6.07, 6.45) is 0.367.